The van der Waals surface area contributed by atoms with Crippen LogP contribution in [0.3, 0.4) is 0 Å². The summed E-state index contributed by atoms with van der Waals surface area (Å²) in [4.78, 5) is 0.275. The lowest BCUT2D eigenvalue weighted by Gasteiger charge is -2.14. The van der Waals surface area contributed by atoms with Gasteiger partial charge in [0.1, 0.15) is 0 Å². The van der Waals surface area contributed by atoms with E-state index < -0.39 is 10.0 Å². The van der Waals surface area contributed by atoms with E-state index in [9.17, 15) is 8.42 Å². The first-order valence-corrected chi connectivity index (χ1v) is 8.22. The van der Waals surface area contributed by atoms with Crippen molar-refractivity contribution < 1.29 is 8.42 Å². The molecule has 3 N–H and O–H groups in total. The van der Waals surface area contributed by atoms with Gasteiger partial charge < -0.3 is 5.73 Å². The largest absolute Gasteiger partial charge is 0.326 e. The molecule has 2 rings (SSSR count). The number of nitrogens with one attached hydrogen (secondary N) is 1. The molecule has 0 aromatic heterocycles. The molecule has 0 atom stereocenters. The van der Waals surface area contributed by atoms with Crippen molar-refractivity contribution in [1.82, 2.24) is 0 Å². The van der Waals surface area contributed by atoms with Gasteiger partial charge in [-0.05, 0) is 55.2 Å². The van der Waals surface area contributed by atoms with Crippen molar-refractivity contribution in [2.45, 2.75) is 32.2 Å². The van der Waals surface area contributed by atoms with Gasteiger partial charge in [0.2, 0.25) is 0 Å². The third-order valence-electron chi connectivity index (χ3n) is 3.53. The number of aryl methyl sites for hydroxylation is 3. The van der Waals surface area contributed by atoms with Gasteiger partial charge in [-0.3, -0.25) is 4.72 Å². The molecule has 0 spiro atoms. The van der Waals surface area contributed by atoms with Crippen LogP contribution in [0.2, 0.25) is 0 Å². The van der Waals surface area contributed by atoms with Gasteiger partial charge in [-0.1, -0.05) is 24.3 Å². The van der Waals surface area contributed by atoms with Crippen LogP contribution in [-0.2, 0) is 16.6 Å². The molecule has 0 bridgehead atoms. The summed E-state index contributed by atoms with van der Waals surface area (Å²) in [5.74, 6) is 0. The zero-order chi connectivity index (χ0) is 15.6. The van der Waals surface area contributed by atoms with Crippen molar-refractivity contribution in [2.75, 3.05) is 4.72 Å². The monoisotopic (exact) mass is 304 g/mol. The number of para-hydroxylation sites is 1. The number of anilines is 1. The van der Waals surface area contributed by atoms with Crippen LogP contribution in [0.1, 0.15) is 22.3 Å². The highest BCUT2D eigenvalue weighted by Crippen LogP contribution is 2.24. The highest BCUT2D eigenvalue weighted by Gasteiger charge is 2.19. The SMILES string of the molecule is Cc1cc(C)c(S(=O)(=O)Nc2ccccc2C)cc1CN. The molecule has 21 heavy (non-hydrogen) atoms. The second kappa shape index (κ2) is 5.87. The van der Waals surface area contributed by atoms with Crippen LogP contribution < -0.4 is 10.5 Å². The zero-order valence-corrected chi connectivity index (χ0v) is 13.3. The van der Waals surface area contributed by atoms with E-state index in [2.05, 4.69) is 4.72 Å². The highest BCUT2D eigenvalue weighted by molar-refractivity contribution is 7.92. The molecule has 4 nitrogen and oxygen atoms in total. The Labute approximate surface area is 126 Å². The minimum Gasteiger partial charge on any atom is -0.326 e. The average Bonchev–Trinajstić information content (AvgIpc) is 2.41. The molecule has 0 radical (unpaired) electrons. The van der Waals surface area contributed by atoms with Gasteiger partial charge in [0.05, 0.1) is 10.6 Å². The maximum atomic E-state index is 12.6. The predicted molar refractivity (Wildman–Crippen MR) is 85.8 cm³/mol. The first-order valence-electron chi connectivity index (χ1n) is 6.74. The second-order valence-corrected chi connectivity index (χ2v) is 6.82. The zero-order valence-electron chi connectivity index (χ0n) is 12.5. The van der Waals surface area contributed by atoms with E-state index in [-0.39, 0.29) is 4.90 Å². The quantitative estimate of drug-likeness (QED) is 0.912. The van der Waals surface area contributed by atoms with E-state index in [0.29, 0.717) is 17.8 Å². The Kier molecular flexibility index (Phi) is 4.34. The predicted octanol–water partition coefficient (Wildman–Crippen LogP) is 2.87. The first-order chi connectivity index (χ1) is 9.85. The fourth-order valence-electron chi connectivity index (χ4n) is 2.27. The Balaban J connectivity index is 2.47. The van der Waals surface area contributed by atoms with Gasteiger partial charge in [-0.25, -0.2) is 8.42 Å². The minimum absolute atomic E-state index is 0.275. The van der Waals surface area contributed by atoms with Crippen molar-refractivity contribution in [3.8, 4) is 0 Å². The molecule has 2 aromatic rings. The summed E-state index contributed by atoms with van der Waals surface area (Å²) in [6.45, 7) is 5.91. The van der Waals surface area contributed by atoms with E-state index >= 15 is 0 Å². The Hall–Kier alpha value is -1.85. The van der Waals surface area contributed by atoms with Crippen LogP contribution in [0.15, 0.2) is 41.3 Å². The van der Waals surface area contributed by atoms with Gasteiger partial charge in [-0.2, -0.15) is 0 Å². The van der Waals surface area contributed by atoms with Crippen molar-refractivity contribution in [3.63, 3.8) is 0 Å². The van der Waals surface area contributed by atoms with E-state index in [1.807, 2.05) is 32.0 Å². The molecule has 0 saturated heterocycles. The maximum Gasteiger partial charge on any atom is 0.262 e. The number of benzene rings is 2. The third kappa shape index (κ3) is 3.25. The summed E-state index contributed by atoms with van der Waals surface area (Å²) >= 11 is 0. The minimum atomic E-state index is -3.62. The van der Waals surface area contributed by atoms with E-state index in [1.54, 1.807) is 25.1 Å². The van der Waals surface area contributed by atoms with E-state index in [1.165, 1.54) is 0 Å². The second-order valence-electron chi connectivity index (χ2n) is 5.17. The maximum absolute atomic E-state index is 12.6. The highest BCUT2D eigenvalue weighted by atomic mass is 32.2. The van der Waals surface area contributed by atoms with E-state index in [0.717, 1.165) is 16.7 Å². The van der Waals surface area contributed by atoms with Crippen LogP contribution in [0.5, 0.6) is 0 Å². The molecule has 0 amide bonds. The van der Waals surface area contributed by atoms with Crippen LogP contribution in [-0.4, -0.2) is 8.42 Å². The van der Waals surface area contributed by atoms with Gasteiger partial charge in [0.15, 0.2) is 0 Å². The summed E-state index contributed by atoms with van der Waals surface area (Å²) in [7, 11) is -3.62. The van der Waals surface area contributed by atoms with Gasteiger partial charge in [0.25, 0.3) is 10.0 Å². The number of nitrogens with two attached hydrogens (primary N) is 1. The molecule has 0 heterocycles. The van der Waals surface area contributed by atoms with Crippen molar-refractivity contribution in [2.24, 2.45) is 5.73 Å². The normalized spacial score (nSPS) is 11.4. The molecule has 0 aliphatic rings. The lowest BCUT2D eigenvalue weighted by atomic mass is 10.1. The standard InChI is InChI=1S/C16H20N2O2S/c1-11-6-4-5-7-15(11)18-21(19,20)16-9-14(10-17)12(2)8-13(16)3/h4-9,18H,10,17H2,1-3H3. The molecule has 2 aromatic carbocycles. The third-order valence-corrected chi connectivity index (χ3v) is 5.04. The number of hydrogen-bond donors (Lipinski definition) is 2. The summed E-state index contributed by atoms with van der Waals surface area (Å²) in [6.07, 6.45) is 0. The number of sulfonamides is 1. The molecule has 0 aliphatic heterocycles. The van der Waals surface area contributed by atoms with Crippen molar-refractivity contribution in [3.05, 3.63) is 58.7 Å². The molecule has 0 fully saturated rings. The summed E-state index contributed by atoms with van der Waals surface area (Å²) in [5, 5.41) is 0. The molecule has 0 saturated carbocycles. The average molecular weight is 304 g/mol. The Morgan fingerprint density at radius 3 is 2.29 bits per heavy atom. The van der Waals surface area contributed by atoms with Crippen LogP contribution in [0, 0.1) is 20.8 Å². The first kappa shape index (κ1) is 15.5. The van der Waals surface area contributed by atoms with Gasteiger partial charge >= 0.3 is 0 Å². The van der Waals surface area contributed by atoms with Crippen LogP contribution in [0.25, 0.3) is 0 Å². The van der Waals surface area contributed by atoms with Crippen LogP contribution >= 0.6 is 0 Å². The molecule has 5 heteroatoms. The Morgan fingerprint density at radius 1 is 1.00 bits per heavy atom. The van der Waals surface area contributed by atoms with Crippen LogP contribution in [0.4, 0.5) is 5.69 Å². The topological polar surface area (TPSA) is 72.2 Å². The molecule has 0 unspecified atom stereocenters. The summed E-state index contributed by atoms with van der Waals surface area (Å²) in [5.41, 5.74) is 9.70. The van der Waals surface area contributed by atoms with E-state index in [4.69, 9.17) is 5.73 Å². The summed E-state index contributed by atoms with van der Waals surface area (Å²) < 4.78 is 27.9. The molecular formula is C16H20N2O2S. The smallest absolute Gasteiger partial charge is 0.262 e. The summed E-state index contributed by atoms with van der Waals surface area (Å²) in [6, 6.07) is 10.8. The lowest BCUT2D eigenvalue weighted by Crippen LogP contribution is -2.16. The fraction of sp³-hybridized carbons (Fsp3) is 0.250. The molecule has 112 valence electrons. The van der Waals surface area contributed by atoms with Gasteiger partial charge in [0, 0.05) is 6.54 Å². The molecule has 0 aliphatic carbocycles. The van der Waals surface area contributed by atoms with Crippen molar-refractivity contribution in [1.29, 1.82) is 0 Å². The Bertz CT molecular complexity index is 768. The fourth-order valence-corrected chi connectivity index (χ4v) is 3.68. The molecular weight excluding hydrogens is 284 g/mol. The number of rotatable bonds is 4. The lowest BCUT2D eigenvalue weighted by molar-refractivity contribution is 0.600. The number of hydrogen-bond acceptors (Lipinski definition) is 3. The Morgan fingerprint density at radius 2 is 1.67 bits per heavy atom. The van der Waals surface area contributed by atoms with Crippen molar-refractivity contribution >= 4 is 15.7 Å². The van der Waals surface area contributed by atoms with Gasteiger partial charge in [-0.15, -0.1) is 0 Å².